The van der Waals surface area contributed by atoms with E-state index < -0.39 is 10.0 Å². The molecule has 0 aromatic carbocycles. The van der Waals surface area contributed by atoms with E-state index >= 15 is 0 Å². The van der Waals surface area contributed by atoms with E-state index in [1.165, 1.54) is 17.6 Å². The predicted molar refractivity (Wildman–Crippen MR) is 87.7 cm³/mol. The monoisotopic (exact) mass is 353 g/mol. The van der Waals surface area contributed by atoms with E-state index in [0.29, 0.717) is 23.0 Å². The summed E-state index contributed by atoms with van der Waals surface area (Å²) in [7, 11) is -3.41. The molecular weight excluding hydrogens is 334 g/mol. The second-order valence-corrected chi connectivity index (χ2v) is 9.59. The Morgan fingerprint density at radius 1 is 1.22 bits per heavy atom. The van der Waals surface area contributed by atoms with E-state index in [0.717, 1.165) is 37.2 Å². The number of aromatic nitrogens is 1. The van der Waals surface area contributed by atoms with Gasteiger partial charge in [0, 0.05) is 19.2 Å². The van der Waals surface area contributed by atoms with Crippen molar-refractivity contribution >= 4 is 21.4 Å². The molecule has 1 spiro atoms. The van der Waals surface area contributed by atoms with Crippen LogP contribution in [-0.4, -0.2) is 44.1 Å². The second kappa shape index (κ2) is 5.70. The molecule has 4 heterocycles. The number of hydrogen-bond donors (Lipinski definition) is 1. The SMILES string of the molecule is O=S(=O)(c1ccc(-c2ccon2)s1)N1CCC2(CCNCC2)C1. The van der Waals surface area contributed by atoms with Gasteiger partial charge < -0.3 is 9.84 Å². The van der Waals surface area contributed by atoms with Crippen LogP contribution >= 0.6 is 11.3 Å². The largest absolute Gasteiger partial charge is 0.364 e. The number of nitrogens with one attached hydrogen (secondary N) is 1. The summed E-state index contributed by atoms with van der Waals surface area (Å²) in [6.45, 7) is 3.25. The van der Waals surface area contributed by atoms with Gasteiger partial charge in [-0.1, -0.05) is 5.16 Å². The van der Waals surface area contributed by atoms with Crippen LogP contribution in [0.15, 0.2) is 33.2 Å². The number of piperidine rings is 1. The van der Waals surface area contributed by atoms with Crippen molar-refractivity contribution in [3.05, 3.63) is 24.5 Å². The maximum Gasteiger partial charge on any atom is 0.252 e. The topological polar surface area (TPSA) is 75.4 Å². The Hall–Kier alpha value is -1.22. The van der Waals surface area contributed by atoms with Gasteiger partial charge in [-0.3, -0.25) is 0 Å². The van der Waals surface area contributed by atoms with Crippen LogP contribution in [0.25, 0.3) is 10.6 Å². The third-order valence-electron chi connectivity index (χ3n) is 4.93. The Morgan fingerprint density at radius 3 is 2.78 bits per heavy atom. The zero-order valence-corrected chi connectivity index (χ0v) is 14.3. The van der Waals surface area contributed by atoms with Crippen molar-refractivity contribution in [2.75, 3.05) is 26.2 Å². The minimum absolute atomic E-state index is 0.171. The first kappa shape index (κ1) is 15.3. The first-order valence-electron chi connectivity index (χ1n) is 7.81. The molecule has 0 aliphatic carbocycles. The number of sulfonamides is 1. The highest BCUT2D eigenvalue weighted by atomic mass is 32.2. The zero-order chi connectivity index (χ0) is 15.9. The molecule has 0 unspecified atom stereocenters. The minimum Gasteiger partial charge on any atom is -0.364 e. The van der Waals surface area contributed by atoms with Crippen LogP contribution in [0.3, 0.4) is 0 Å². The fraction of sp³-hybridized carbons (Fsp3) is 0.533. The first-order chi connectivity index (χ1) is 11.1. The normalized spacial score (nSPS) is 21.9. The molecule has 1 N–H and O–H groups in total. The van der Waals surface area contributed by atoms with E-state index in [-0.39, 0.29) is 5.41 Å². The fourth-order valence-electron chi connectivity index (χ4n) is 3.53. The lowest BCUT2D eigenvalue weighted by molar-refractivity contribution is 0.218. The highest BCUT2D eigenvalue weighted by Crippen LogP contribution is 2.41. The molecule has 124 valence electrons. The molecule has 2 aliphatic rings. The van der Waals surface area contributed by atoms with Crippen LogP contribution in [0.2, 0.25) is 0 Å². The molecule has 6 nitrogen and oxygen atoms in total. The zero-order valence-electron chi connectivity index (χ0n) is 12.7. The maximum atomic E-state index is 12.9. The van der Waals surface area contributed by atoms with Crippen LogP contribution in [0.4, 0.5) is 0 Å². The highest BCUT2D eigenvalue weighted by molar-refractivity contribution is 7.91. The third-order valence-corrected chi connectivity index (χ3v) is 8.35. The average Bonchev–Trinajstić information content (AvgIpc) is 3.28. The van der Waals surface area contributed by atoms with E-state index in [1.807, 2.05) is 0 Å². The first-order valence-corrected chi connectivity index (χ1v) is 10.1. The van der Waals surface area contributed by atoms with Gasteiger partial charge in [-0.25, -0.2) is 8.42 Å². The van der Waals surface area contributed by atoms with Gasteiger partial charge in [0.05, 0.1) is 4.88 Å². The molecule has 0 amide bonds. The van der Waals surface area contributed by atoms with Crippen LogP contribution < -0.4 is 5.32 Å². The van der Waals surface area contributed by atoms with Crippen LogP contribution in [0.1, 0.15) is 19.3 Å². The minimum atomic E-state index is -3.41. The van der Waals surface area contributed by atoms with Gasteiger partial charge in [-0.2, -0.15) is 4.31 Å². The van der Waals surface area contributed by atoms with Gasteiger partial charge in [-0.05, 0) is 49.9 Å². The summed E-state index contributed by atoms with van der Waals surface area (Å²) in [5.41, 5.74) is 0.845. The van der Waals surface area contributed by atoms with Gasteiger partial charge >= 0.3 is 0 Å². The molecule has 8 heteroatoms. The molecule has 0 atom stereocenters. The number of thiophene rings is 1. The van der Waals surface area contributed by atoms with Crippen molar-refractivity contribution in [1.82, 2.24) is 14.8 Å². The predicted octanol–water partition coefficient (Wildman–Crippen LogP) is 2.17. The summed E-state index contributed by atoms with van der Waals surface area (Å²) >= 11 is 1.26. The van der Waals surface area contributed by atoms with Crippen LogP contribution in [0, 0.1) is 5.41 Å². The van der Waals surface area contributed by atoms with Gasteiger partial charge in [0.1, 0.15) is 16.2 Å². The van der Waals surface area contributed by atoms with Gasteiger partial charge in [0.2, 0.25) is 0 Å². The van der Waals surface area contributed by atoms with Crippen molar-refractivity contribution in [3.8, 4) is 10.6 Å². The number of hydrogen-bond acceptors (Lipinski definition) is 6. The summed E-state index contributed by atoms with van der Waals surface area (Å²) in [4.78, 5) is 0.813. The molecule has 2 saturated heterocycles. The summed E-state index contributed by atoms with van der Waals surface area (Å²) in [6, 6.07) is 5.21. The Morgan fingerprint density at radius 2 is 2.04 bits per heavy atom. The van der Waals surface area contributed by atoms with E-state index in [4.69, 9.17) is 4.52 Å². The standard InChI is InChI=1S/C15H19N3O3S2/c19-23(20,14-2-1-13(22-14)12-3-10-21-17-12)18-9-6-15(11-18)4-7-16-8-5-15/h1-3,10,16H,4-9,11H2. The Bertz CT molecular complexity index is 777. The van der Waals surface area contributed by atoms with Crippen LogP contribution in [0.5, 0.6) is 0 Å². The fourth-order valence-corrected chi connectivity index (χ4v) is 6.50. The van der Waals surface area contributed by atoms with Crippen molar-refractivity contribution in [1.29, 1.82) is 0 Å². The molecule has 0 bridgehead atoms. The Labute approximate surface area is 139 Å². The summed E-state index contributed by atoms with van der Waals surface area (Å²) in [5.74, 6) is 0. The van der Waals surface area contributed by atoms with Gasteiger partial charge in [-0.15, -0.1) is 11.3 Å². The molecule has 2 fully saturated rings. The average molecular weight is 353 g/mol. The number of rotatable bonds is 3. The van der Waals surface area contributed by atoms with Crippen molar-refractivity contribution in [2.24, 2.45) is 5.41 Å². The van der Waals surface area contributed by atoms with E-state index in [9.17, 15) is 8.42 Å². The second-order valence-electron chi connectivity index (χ2n) is 6.34. The van der Waals surface area contributed by atoms with Crippen molar-refractivity contribution < 1.29 is 12.9 Å². The maximum absolute atomic E-state index is 12.9. The Balaban J connectivity index is 1.56. The molecular formula is C15H19N3O3S2. The summed E-state index contributed by atoms with van der Waals surface area (Å²) in [5, 5.41) is 7.23. The summed E-state index contributed by atoms with van der Waals surface area (Å²) < 4.78 is 32.7. The molecule has 23 heavy (non-hydrogen) atoms. The van der Waals surface area contributed by atoms with Crippen molar-refractivity contribution in [3.63, 3.8) is 0 Å². The van der Waals surface area contributed by atoms with Gasteiger partial charge in [0.25, 0.3) is 10.0 Å². The molecule has 2 aliphatic heterocycles. The van der Waals surface area contributed by atoms with Crippen LogP contribution in [-0.2, 0) is 10.0 Å². The lowest BCUT2D eigenvalue weighted by Gasteiger charge is -2.33. The summed E-state index contributed by atoms with van der Waals surface area (Å²) in [6.07, 6.45) is 4.58. The molecule has 2 aromatic heterocycles. The third kappa shape index (κ3) is 2.73. The lowest BCUT2D eigenvalue weighted by Crippen LogP contribution is -2.39. The lowest BCUT2D eigenvalue weighted by atomic mass is 9.78. The molecule has 2 aromatic rings. The van der Waals surface area contributed by atoms with Crippen molar-refractivity contribution in [2.45, 2.75) is 23.5 Å². The molecule has 0 radical (unpaired) electrons. The Kier molecular flexibility index (Phi) is 3.79. The van der Waals surface area contributed by atoms with E-state index in [2.05, 4.69) is 10.5 Å². The quantitative estimate of drug-likeness (QED) is 0.915. The molecule has 0 saturated carbocycles. The van der Waals surface area contributed by atoms with E-state index in [1.54, 1.807) is 22.5 Å². The molecule has 4 rings (SSSR count). The smallest absolute Gasteiger partial charge is 0.252 e. The number of nitrogens with zero attached hydrogens (tertiary/aromatic N) is 2. The highest BCUT2D eigenvalue weighted by Gasteiger charge is 2.43. The van der Waals surface area contributed by atoms with Gasteiger partial charge in [0.15, 0.2) is 0 Å².